The number of aryl methyl sites for hydroxylation is 1. The molecule has 1 amide bonds. The van der Waals surface area contributed by atoms with Crippen molar-refractivity contribution in [3.63, 3.8) is 0 Å². The zero-order valence-corrected chi connectivity index (χ0v) is 13.5. The molecule has 6 nitrogen and oxygen atoms in total. The highest BCUT2D eigenvalue weighted by atomic mass is 16.5. The van der Waals surface area contributed by atoms with Gasteiger partial charge in [-0.05, 0) is 25.0 Å². The third-order valence-corrected chi connectivity index (χ3v) is 4.66. The monoisotopic (exact) mass is 322 g/mol. The number of aromatic nitrogens is 3. The Morgan fingerprint density at radius 1 is 1.21 bits per heavy atom. The van der Waals surface area contributed by atoms with Crippen LogP contribution in [0, 0.1) is 6.92 Å². The largest absolute Gasteiger partial charge is 0.340 e. The van der Waals surface area contributed by atoms with Crippen LogP contribution in [0.15, 0.2) is 41.1 Å². The Morgan fingerprint density at radius 3 is 2.75 bits per heavy atom. The Morgan fingerprint density at radius 2 is 2.00 bits per heavy atom. The second-order valence-corrected chi connectivity index (χ2v) is 6.26. The minimum atomic E-state index is -0.542. The number of hydrogen-bond acceptors (Lipinski definition) is 5. The third kappa shape index (κ3) is 2.44. The normalized spacial score (nSPS) is 16.4. The van der Waals surface area contributed by atoms with E-state index in [1.165, 1.54) is 0 Å². The van der Waals surface area contributed by atoms with Crippen molar-refractivity contribution in [2.45, 2.75) is 38.1 Å². The van der Waals surface area contributed by atoms with E-state index >= 15 is 0 Å². The fourth-order valence-electron chi connectivity index (χ4n) is 3.46. The van der Waals surface area contributed by atoms with Crippen LogP contribution in [0.4, 0.5) is 0 Å². The van der Waals surface area contributed by atoms with Gasteiger partial charge in [0.1, 0.15) is 5.54 Å². The van der Waals surface area contributed by atoms with Crippen molar-refractivity contribution in [1.82, 2.24) is 20.4 Å². The average molecular weight is 322 g/mol. The molecule has 0 atom stereocenters. The van der Waals surface area contributed by atoms with E-state index in [1.54, 1.807) is 19.2 Å². The Hall–Kier alpha value is -2.76. The molecule has 4 rings (SSSR count). The number of carbonyl (C=O) groups is 1. The first-order chi connectivity index (χ1) is 11.7. The molecule has 0 bridgehead atoms. The standard InChI is InChI=1S/C18H18N4O2/c1-12-20-17(22-24-12)18(9-4-5-10-18)21-16(23)14-8-11-19-15-7-3-2-6-13(14)15/h2-3,6-8,11H,4-5,9-10H2,1H3,(H,21,23). The fourth-order valence-corrected chi connectivity index (χ4v) is 3.46. The lowest BCUT2D eigenvalue weighted by molar-refractivity contribution is 0.0893. The van der Waals surface area contributed by atoms with Crippen LogP contribution in [0.25, 0.3) is 10.9 Å². The van der Waals surface area contributed by atoms with Gasteiger partial charge in [-0.3, -0.25) is 9.78 Å². The minimum absolute atomic E-state index is 0.127. The molecule has 1 saturated carbocycles. The second kappa shape index (κ2) is 5.70. The molecule has 1 aromatic carbocycles. The highest BCUT2D eigenvalue weighted by Crippen LogP contribution is 2.37. The van der Waals surface area contributed by atoms with E-state index in [1.807, 2.05) is 24.3 Å². The van der Waals surface area contributed by atoms with Gasteiger partial charge in [-0.1, -0.05) is 36.2 Å². The summed E-state index contributed by atoms with van der Waals surface area (Å²) >= 11 is 0. The van der Waals surface area contributed by atoms with Crippen molar-refractivity contribution in [2.75, 3.05) is 0 Å². The maximum Gasteiger partial charge on any atom is 0.252 e. The van der Waals surface area contributed by atoms with Crippen LogP contribution in [0.3, 0.4) is 0 Å². The molecule has 122 valence electrons. The lowest BCUT2D eigenvalue weighted by Crippen LogP contribution is -2.44. The number of carbonyl (C=O) groups excluding carboxylic acids is 1. The predicted molar refractivity (Wildman–Crippen MR) is 88.4 cm³/mol. The van der Waals surface area contributed by atoms with Crippen LogP contribution in [-0.4, -0.2) is 21.0 Å². The summed E-state index contributed by atoms with van der Waals surface area (Å²) in [6.07, 6.45) is 5.37. The lowest BCUT2D eigenvalue weighted by atomic mass is 9.95. The molecule has 2 aromatic heterocycles. The van der Waals surface area contributed by atoms with Gasteiger partial charge in [-0.15, -0.1) is 0 Å². The van der Waals surface area contributed by atoms with Gasteiger partial charge in [0.2, 0.25) is 5.89 Å². The van der Waals surface area contributed by atoms with Gasteiger partial charge >= 0.3 is 0 Å². The number of nitrogens with one attached hydrogen (secondary N) is 1. The summed E-state index contributed by atoms with van der Waals surface area (Å²) in [6.45, 7) is 1.76. The number of hydrogen-bond donors (Lipinski definition) is 1. The molecule has 1 fully saturated rings. The van der Waals surface area contributed by atoms with Gasteiger partial charge in [0.15, 0.2) is 5.82 Å². The van der Waals surface area contributed by atoms with Gasteiger partial charge in [0.05, 0.1) is 11.1 Å². The van der Waals surface area contributed by atoms with Crippen LogP contribution < -0.4 is 5.32 Å². The number of pyridine rings is 1. The molecular weight excluding hydrogens is 304 g/mol. The van der Waals surface area contributed by atoms with E-state index in [9.17, 15) is 4.79 Å². The number of nitrogens with zero attached hydrogens (tertiary/aromatic N) is 3. The SMILES string of the molecule is Cc1nc(C2(NC(=O)c3ccnc4ccccc34)CCCC2)no1. The van der Waals surface area contributed by atoms with Crippen LogP contribution in [0.1, 0.15) is 47.8 Å². The zero-order chi connectivity index (χ0) is 16.6. The lowest BCUT2D eigenvalue weighted by Gasteiger charge is -2.27. The van der Waals surface area contributed by atoms with Gasteiger partial charge in [-0.25, -0.2) is 0 Å². The minimum Gasteiger partial charge on any atom is -0.340 e. The van der Waals surface area contributed by atoms with Crippen LogP contribution >= 0.6 is 0 Å². The molecule has 0 radical (unpaired) electrons. The van der Waals surface area contributed by atoms with Crippen molar-refractivity contribution in [3.8, 4) is 0 Å². The maximum absolute atomic E-state index is 13.0. The number of rotatable bonds is 3. The Balaban J connectivity index is 1.71. The Kier molecular flexibility index (Phi) is 3.52. The molecule has 2 heterocycles. The summed E-state index contributed by atoms with van der Waals surface area (Å²) in [6, 6.07) is 9.39. The molecule has 1 aliphatic carbocycles. The van der Waals surface area contributed by atoms with Crippen LogP contribution in [-0.2, 0) is 5.54 Å². The number of para-hydroxylation sites is 1. The number of benzene rings is 1. The third-order valence-electron chi connectivity index (χ3n) is 4.66. The fraction of sp³-hybridized carbons (Fsp3) is 0.333. The second-order valence-electron chi connectivity index (χ2n) is 6.26. The molecule has 3 aromatic rings. The smallest absolute Gasteiger partial charge is 0.252 e. The molecule has 24 heavy (non-hydrogen) atoms. The van der Waals surface area contributed by atoms with E-state index in [0.29, 0.717) is 17.3 Å². The summed E-state index contributed by atoms with van der Waals surface area (Å²) in [5.74, 6) is 0.960. The van der Waals surface area contributed by atoms with E-state index in [-0.39, 0.29) is 5.91 Å². The first kappa shape index (κ1) is 14.8. The van der Waals surface area contributed by atoms with Crippen molar-refractivity contribution < 1.29 is 9.32 Å². The first-order valence-electron chi connectivity index (χ1n) is 8.15. The molecular formula is C18H18N4O2. The molecule has 0 aliphatic heterocycles. The zero-order valence-electron chi connectivity index (χ0n) is 13.5. The molecule has 1 aliphatic rings. The summed E-state index contributed by atoms with van der Waals surface area (Å²) in [4.78, 5) is 21.7. The quantitative estimate of drug-likeness (QED) is 0.801. The Labute approximate surface area is 139 Å². The highest BCUT2D eigenvalue weighted by molar-refractivity contribution is 6.06. The van der Waals surface area contributed by atoms with Crippen molar-refractivity contribution in [3.05, 3.63) is 53.8 Å². The predicted octanol–water partition coefficient (Wildman–Crippen LogP) is 3.13. The first-order valence-corrected chi connectivity index (χ1v) is 8.15. The molecule has 0 saturated heterocycles. The molecule has 1 N–H and O–H groups in total. The van der Waals surface area contributed by atoms with Gasteiger partial charge in [0, 0.05) is 18.5 Å². The maximum atomic E-state index is 13.0. The highest BCUT2D eigenvalue weighted by Gasteiger charge is 2.41. The average Bonchev–Trinajstić information content (AvgIpc) is 3.24. The van der Waals surface area contributed by atoms with Crippen LogP contribution in [0.5, 0.6) is 0 Å². The topological polar surface area (TPSA) is 80.9 Å². The van der Waals surface area contributed by atoms with Gasteiger partial charge in [-0.2, -0.15) is 4.98 Å². The van der Waals surface area contributed by atoms with E-state index in [0.717, 1.165) is 36.6 Å². The van der Waals surface area contributed by atoms with E-state index in [4.69, 9.17) is 4.52 Å². The number of amides is 1. The molecule has 0 spiro atoms. The van der Waals surface area contributed by atoms with E-state index in [2.05, 4.69) is 20.4 Å². The summed E-state index contributed by atoms with van der Waals surface area (Å²) in [5, 5.41) is 8.09. The summed E-state index contributed by atoms with van der Waals surface area (Å²) in [7, 11) is 0. The van der Waals surface area contributed by atoms with Crippen LogP contribution in [0.2, 0.25) is 0 Å². The molecule has 6 heteroatoms. The number of fused-ring (bicyclic) bond motifs is 1. The summed E-state index contributed by atoms with van der Waals surface area (Å²) in [5.41, 5.74) is 0.882. The van der Waals surface area contributed by atoms with Gasteiger partial charge < -0.3 is 9.84 Å². The van der Waals surface area contributed by atoms with E-state index < -0.39 is 5.54 Å². The molecule has 0 unspecified atom stereocenters. The van der Waals surface area contributed by atoms with Crippen molar-refractivity contribution >= 4 is 16.8 Å². The Bertz CT molecular complexity index is 891. The van der Waals surface area contributed by atoms with Crippen molar-refractivity contribution in [1.29, 1.82) is 0 Å². The van der Waals surface area contributed by atoms with Gasteiger partial charge in [0.25, 0.3) is 5.91 Å². The van der Waals surface area contributed by atoms with Crippen molar-refractivity contribution in [2.24, 2.45) is 0 Å². The summed E-state index contributed by atoms with van der Waals surface area (Å²) < 4.78 is 5.14.